The molecule has 0 aliphatic heterocycles. The molecule has 1 rings (SSSR count). The van der Waals surface area contributed by atoms with E-state index in [2.05, 4.69) is 11.5 Å². The number of likely N-dealkylation sites (N-methyl/N-ethyl adjacent to an activating group) is 1. The van der Waals surface area contributed by atoms with E-state index in [-0.39, 0.29) is 5.82 Å². The quantitative estimate of drug-likeness (QED) is 0.751. The van der Waals surface area contributed by atoms with Crippen LogP contribution in [0.5, 0.6) is 0 Å². The fraction of sp³-hybridized carbons (Fsp3) is 0.333. The van der Waals surface area contributed by atoms with Gasteiger partial charge in [0.25, 0.3) is 0 Å². The zero-order chi connectivity index (χ0) is 11.3. The van der Waals surface area contributed by atoms with Gasteiger partial charge < -0.3 is 10.6 Å². The third kappa shape index (κ3) is 3.36. The minimum Gasteiger partial charge on any atom is -0.368 e. The summed E-state index contributed by atoms with van der Waals surface area (Å²) in [7, 11) is 0. The molecule has 0 amide bonds. The topological polar surface area (TPSA) is 29.3 Å². The molecule has 0 unspecified atom stereocenters. The van der Waals surface area contributed by atoms with Gasteiger partial charge in [0, 0.05) is 25.3 Å². The molecular formula is C12H17FN2. The standard InChI is InChI=1S/C12H17FN2/c1-3-15(9-10(2)8-14)12-6-4-11(13)5-7-12/h4-7H,2-3,8-9,14H2,1H3. The van der Waals surface area contributed by atoms with Crippen molar-refractivity contribution in [2.45, 2.75) is 6.92 Å². The molecule has 0 atom stereocenters. The van der Waals surface area contributed by atoms with E-state index in [1.54, 1.807) is 12.1 Å². The Kier molecular flexibility index (Phi) is 4.31. The number of nitrogens with zero attached hydrogens (tertiary/aromatic N) is 1. The molecule has 15 heavy (non-hydrogen) atoms. The van der Waals surface area contributed by atoms with Crippen LogP contribution in [0, 0.1) is 5.82 Å². The van der Waals surface area contributed by atoms with Crippen molar-refractivity contribution in [1.82, 2.24) is 0 Å². The lowest BCUT2D eigenvalue weighted by Crippen LogP contribution is -2.27. The van der Waals surface area contributed by atoms with Crippen molar-refractivity contribution in [3.63, 3.8) is 0 Å². The van der Waals surface area contributed by atoms with Crippen molar-refractivity contribution in [2.24, 2.45) is 5.73 Å². The van der Waals surface area contributed by atoms with E-state index >= 15 is 0 Å². The summed E-state index contributed by atoms with van der Waals surface area (Å²) in [4.78, 5) is 2.11. The van der Waals surface area contributed by atoms with Crippen molar-refractivity contribution in [3.8, 4) is 0 Å². The fourth-order valence-corrected chi connectivity index (χ4v) is 1.37. The second-order valence-electron chi connectivity index (χ2n) is 3.44. The molecule has 3 heteroatoms. The van der Waals surface area contributed by atoms with Gasteiger partial charge in [-0.3, -0.25) is 0 Å². The molecule has 0 heterocycles. The highest BCUT2D eigenvalue weighted by atomic mass is 19.1. The molecule has 0 fully saturated rings. The number of rotatable bonds is 5. The molecule has 0 bridgehead atoms. The molecule has 0 aliphatic rings. The van der Waals surface area contributed by atoms with Gasteiger partial charge in [-0.15, -0.1) is 0 Å². The van der Waals surface area contributed by atoms with Gasteiger partial charge in [0.05, 0.1) is 0 Å². The van der Waals surface area contributed by atoms with Gasteiger partial charge in [0.15, 0.2) is 0 Å². The lowest BCUT2D eigenvalue weighted by molar-refractivity contribution is 0.627. The van der Waals surface area contributed by atoms with Gasteiger partial charge in [-0.05, 0) is 36.8 Å². The van der Waals surface area contributed by atoms with Crippen LogP contribution in [0.4, 0.5) is 10.1 Å². The Labute approximate surface area is 90.2 Å². The highest BCUT2D eigenvalue weighted by Crippen LogP contribution is 2.15. The number of halogens is 1. The molecule has 0 saturated heterocycles. The first-order valence-corrected chi connectivity index (χ1v) is 5.04. The van der Waals surface area contributed by atoms with E-state index in [9.17, 15) is 4.39 Å². The van der Waals surface area contributed by atoms with Crippen molar-refractivity contribution >= 4 is 5.69 Å². The minimum absolute atomic E-state index is 0.215. The van der Waals surface area contributed by atoms with Crippen LogP contribution in [0.2, 0.25) is 0 Å². The van der Waals surface area contributed by atoms with E-state index in [4.69, 9.17) is 5.73 Å². The van der Waals surface area contributed by atoms with Crippen molar-refractivity contribution in [1.29, 1.82) is 0 Å². The maximum absolute atomic E-state index is 12.7. The Balaban J connectivity index is 2.74. The molecule has 0 aromatic heterocycles. The Bertz CT molecular complexity index is 319. The molecule has 2 N–H and O–H groups in total. The van der Waals surface area contributed by atoms with Gasteiger partial charge in [-0.25, -0.2) is 4.39 Å². The van der Waals surface area contributed by atoms with Crippen LogP contribution in [0.25, 0.3) is 0 Å². The maximum Gasteiger partial charge on any atom is 0.123 e. The summed E-state index contributed by atoms with van der Waals surface area (Å²) in [6.07, 6.45) is 0. The minimum atomic E-state index is -0.215. The van der Waals surface area contributed by atoms with E-state index in [1.807, 2.05) is 6.92 Å². The maximum atomic E-state index is 12.7. The number of hydrogen-bond acceptors (Lipinski definition) is 2. The van der Waals surface area contributed by atoms with Crippen molar-refractivity contribution in [3.05, 3.63) is 42.2 Å². The monoisotopic (exact) mass is 208 g/mol. The molecule has 82 valence electrons. The number of nitrogens with two attached hydrogens (primary N) is 1. The van der Waals surface area contributed by atoms with E-state index in [0.717, 1.165) is 24.4 Å². The Morgan fingerprint density at radius 3 is 2.47 bits per heavy atom. The molecule has 2 nitrogen and oxygen atoms in total. The van der Waals surface area contributed by atoms with Crippen LogP contribution < -0.4 is 10.6 Å². The third-order valence-electron chi connectivity index (χ3n) is 2.28. The van der Waals surface area contributed by atoms with Crippen LogP contribution in [0.15, 0.2) is 36.4 Å². The normalized spacial score (nSPS) is 10.1. The molecule has 0 aliphatic carbocycles. The van der Waals surface area contributed by atoms with E-state index in [1.165, 1.54) is 12.1 Å². The highest BCUT2D eigenvalue weighted by molar-refractivity contribution is 5.47. The predicted octanol–water partition coefficient (Wildman–Crippen LogP) is 2.17. The number of hydrogen-bond donors (Lipinski definition) is 1. The number of anilines is 1. The first kappa shape index (κ1) is 11.7. The van der Waals surface area contributed by atoms with Gasteiger partial charge >= 0.3 is 0 Å². The summed E-state index contributed by atoms with van der Waals surface area (Å²) in [6, 6.07) is 6.46. The molecule has 1 aromatic carbocycles. The van der Waals surface area contributed by atoms with E-state index < -0.39 is 0 Å². The summed E-state index contributed by atoms with van der Waals surface area (Å²) in [5.41, 5.74) is 7.46. The first-order valence-electron chi connectivity index (χ1n) is 5.04. The Morgan fingerprint density at radius 1 is 1.40 bits per heavy atom. The smallest absolute Gasteiger partial charge is 0.123 e. The second-order valence-corrected chi connectivity index (χ2v) is 3.44. The largest absolute Gasteiger partial charge is 0.368 e. The van der Waals surface area contributed by atoms with Crippen LogP contribution >= 0.6 is 0 Å². The summed E-state index contributed by atoms with van der Waals surface area (Å²) in [6.45, 7) is 7.97. The van der Waals surface area contributed by atoms with E-state index in [0.29, 0.717) is 6.54 Å². The van der Waals surface area contributed by atoms with Crippen LogP contribution in [0.3, 0.4) is 0 Å². The third-order valence-corrected chi connectivity index (χ3v) is 2.28. The highest BCUT2D eigenvalue weighted by Gasteiger charge is 2.04. The predicted molar refractivity (Wildman–Crippen MR) is 62.5 cm³/mol. The van der Waals surface area contributed by atoms with Gasteiger partial charge in [-0.1, -0.05) is 6.58 Å². The summed E-state index contributed by atoms with van der Waals surface area (Å²) < 4.78 is 12.7. The lowest BCUT2D eigenvalue weighted by Gasteiger charge is -2.23. The summed E-state index contributed by atoms with van der Waals surface area (Å²) in [5.74, 6) is -0.215. The van der Waals surface area contributed by atoms with Gasteiger partial charge in [0.2, 0.25) is 0 Å². The molecular weight excluding hydrogens is 191 g/mol. The van der Waals surface area contributed by atoms with Gasteiger partial charge in [0.1, 0.15) is 5.82 Å². The Hall–Kier alpha value is -1.35. The molecule has 1 aromatic rings. The van der Waals surface area contributed by atoms with Crippen molar-refractivity contribution < 1.29 is 4.39 Å². The lowest BCUT2D eigenvalue weighted by atomic mass is 10.2. The SMILES string of the molecule is C=C(CN)CN(CC)c1ccc(F)cc1. The fourth-order valence-electron chi connectivity index (χ4n) is 1.37. The second kappa shape index (κ2) is 5.51. The van der Waals surface area contributed by atoms with Crippen LogP contribution in [-0.4, -0.2) is 19.6 Å². The summed E-state index contributed by atoms with van der Waals surface area (Å²) >= 11 is 0. The summed E-state index contributed by atoms with van der Waals surface area (Å²) in [5, 5.41) is 0. The molecule has 0 saturated carbocycles. The first-order chi connectivity index (χ1) is 7.17. The average Bonchev–Trinajstić information content (AvgIpc) is 2.27. The molecule has 0 radical (unpaired) electrons. The van der Waals surface area contributed by atoms with Crippen LogP contribution in [0.1, 0.15) is 6.92 Å². The van der Waals surface area contributed by atoms with Gasteiger partial charge in [-0.2, -0.15) is 0 Å². The zero-order valence-corrected chi connectivity index (χ0v) is 9.04. The molecule has 0 spiro atoms. The zero-order valence-electron chi connectivity index (χ0n) is 9.04. The van der Waals surface area contributed by atoms with Crippen LogP contribution in [-0.2, 0) is 0 Å². The number of benzene rings is 1. The van der Waals surface area contributed by atoms with Crippen molar-refractivity contribution in [2.75, 3.05) is 24.5 Å². The Morgan fingerprint density at radius 2 is 2.00 bits per heavy atom. The average molecular weight is 208 g/mol.